The van der Waals surface area contributed by atoms with Gasteiger partial charge in [0.2, 0.25) is 5.75 Å². The van der Waals surface area contributed by atoms with Crippen molar-refractivity contribution in [2.75, 3.05) is 19.8 Å². The Bertz CT molecular complexity index is 685. The molecule has 0 spiro atoms. The minimum absolute atomic E-state index is 0.277. The molecule has 1 aromatic carbocycles. The van der Waals surface area contributed by atoms with Crippen LogP contribution in [0.3, 0.4) is 0 Å². The average Bonchev–Trinajstić information content (AvgIpc) is 2.68. The Morgan fingerprint density at radius 3 is 1.97 bits per heavy atom. The van der Waals surface area contributed by atoms with Crippen molar-refractivity contribution in [3.63, 3.8) is 0 Å². The molecule has 1 N–H and O–H groups in total. The summed E-state index contributed by atoms with van der Waals surface area (Å²) in [6.07, 6.45) is 4.09. The molecule has 0 saturated heterocycles. The molecule has 1 aromatic rings. The fraction of sp³-hybridized carbons (Fsp3) is 0.652. The van der Waals surface area contributed by atoms with Crippen molar-refractivity contribution in [3.05, 3.63) is 17.7 Å². The van der Waals surface area contributed by atoms with Crippen LogP contribution in [0.25, 0.3) is 0 Å². The third kappa shape index (κ3) is 6.38. The van der Waals surface area contributed by atoms with Crippen LogP contribution in [-0.4, -0.2) is 31.4 Å². The highest BCUT2D eigenvalue weighted by molar-refractivity contribution is 5.96. The fourth-order valence-corrected chi connectivity index (χ4v) is 3.64. The van der Waals surface area contributed by atoms with Crippen LogP contribution in [0.5, 0.6) is 17.2 Å². The molecule has 0 bridgehead atoms. The Balaban J connectivity index is 2.14. The average molecular weight is 405 g/mol. The topological polar surface area (TPSA) is 69.2 Å². The smallest absolute Gasteiger partial charge is 0.271 e. The SMILES string of the molecule is CCOc1cc(C(=O)NN=C2CCC(C(C)(C)C)CC2)cc(OCC)c1OCC. The third-order valence-corrected chi connectivity index (χ3v) is 5.27. The Morgan fingerprint density at radius 2 is 1.52 bits per heavy atom. The lowest BCUT2D eigenvalue weighted by Crippen LogP contribution is -2.27. The number of carbonyl (C=O) groups excluding carboxylic acids is 1. The van der Waals surface area contributed by atoms with E-state index in [0.717, 1.165) is 31.4 Å². The van der Waals surface area contributed by atoms with Crippen molar-refractivity contribution in [2.24, 2.45) is 16.4 Å². The molecular weight excluding hydrogens is 368 g/mol. The van der Waals surface area contributed by atoms with Crippen LogP contribution in [-0.2, 0) is 0 Å². The minimum atomic E-state index is -0.277. The van der Waals surface area contributed by atoms with E-state index in [1.165, 1.54) is 0 Å². The molecule has 1 fully saturated rings. The molecule has 0 aromatic heterocycles. The Kier molecular flexibility index (Phi) is 8.35. The highest BCUT2D eigenvalue weighted by atomic mass is 16.5. The number of nitrogens with zero attached hydrogens (tertiary/aromatic N) is 1. The second-order valence-electron chi connectivity index (χ2n) is 8.36. The summed E-state index contributed by atoms with van der Waals surface area (Å²) in [5.74, 6) is 1.96. The van der Waals surface area contributed by atoms with Crippen LogP contribution in [0.4, 0.5) is 0 Å². The normalized spacial score (nSPS) is 16.9. The van der Waals surface area contributed by atoms with Crippen LogP contribution in [0.2, 0.25) is 0 Å². The zero-order chi connectivity index (χ0) is 21.4. The Hall–Kier alpha value is -2.24. The number of amides is 1. The number of hydrazone groups is 1. The van der Waals surface area contributed by atoms with E-state index in [1.54, 1.807) is 12.1 Å². The van der Waals surface area contributed by atoms with Crippen LogP contribution >= 0.6 is 0 Å². The molecule has 0 aliphatic heterocycles. The fourth-order valence-electron chi connectivity index (χ4n) is 3.64. The van der Waals surface area contributed by atoms with Crippen LogP contribution in [0.1, 0.15) is 77.6 Å². The number of carbonyl (C=O) groups is 1. The van der Waals surface area contributed by atoms with Crippen LogP contribution < -0.4 is 19.6 Å². The maximum atomic E-state index is 12.7. The number of ether oxygens (including phenoxy) is 3. The van der Waals surface area contributed by atoms with E-state index < -0.39 is 0 Å². The lowest BCUT2D eigenvalue weighted by atomic mass is 9.72. The van der Waals surface area contributed by atoms with Gasteiger partial charge in [-0.15, -0.1) is 0 Å². The summed E-state index contributed by atoms with van der Waals surface area (Å²) in [6, 6.07) is 3.37. The van der Waals surface area contributed by atoms with Crippen molar-refractivity contribution >= 4 is 11.6 Å². The molecule has 1 amide bonds. The van der Waals surface area contributed by atoms with Gasteiger partial charge in [0, 0.05) is 11.3 Å². The summed E-state index contributed by atoms with van der Waals surface area (Å²) in [5, 5.41) is 4.39. The lowest BCUT2D eigenvalue weighted by molar-refractivity contribution is 0.0953. The van der Waals surface area contributed by atoms with E-state index in [2.05, 4.69) is 31.3 Å². The predicted octanol–water partition coefficient (Wildman–Crippen LogP) is 5.20. The molecule has 2 rings (SSSR count). The monoisotopic (exact) mass is 404 g/mol. The molecule has 1 aliphatic carbocycles. The summed E-state index contributed by atoms with van der Waals surface area (Å²) >= 11 is 0. The molecule has 0 radical (unpaired) electrons. The maximum absolute atomic E-state index is 12.7. The van der Waals surface area contributed by atoms with Crippen LogP contribution in [0, 0.1) is 11.3 Å². The van der Waals surface area contributed by atoms with Gasteiger partial charge >= 0.3 is 0 Å². The van der Waals surface area contributed by atoms with E-state index in [4.69, 9.17) is 14.2 Å². The standard InChI is InChI=1S/C23H36N2O4/c1-7-27-19-14-16(15-20(28-8-2)21(19)29-9-3)22(26)25-24-18-12-10-17(11-13-18)23(4,5)6/h14-15,17H,7-13H2,1-6H3,(H,25,26). The van der Waals surface area contributed by atoms with Crippen molar-refractivity contribution in [2.45, 2.75) is 67.2 Å². The summed E-state index contributed by atoms with van der Waals surface area (Å²) in [4.78, 5) is 12.7. The van der Waals surface area contributed by atoms with Gasteiger partial charge in [0.25, 0.3) is 5.91 Å². The van der Waals surface area contributed by atoms with Gasteiger partial charge in [-0.05, 0) is 69.9 Å². The van der Waals surface area contributed by atoms with Crippen LogP contribution in [0.15, 0.2) is 17.2 Å². The number of hydrogen-bond acceptors (Lipinski definition) is 5. The zero-order valence-corrected chi connectivity index (χ0v) is 18.8. The van der Waals surface area contributed by atoms with Crippen molar-refractivity contribution < 1.29 is 19.0 Å². The van der Waals surface area contributed by atoms with E-state index in [-0.39, 0.29) is 5.91 Å². The van der Waals surface area contributed by atoms with Gasteiger partial charge in [-0.3, -0.25) is 4.79 Å². The summed E-state index contributed by atoms with van der Waals surface area (Å²) in [6.45, 7) is 14.0. The third-order valence-electron chi connectivity index (χ3n) is 5.27. The Labute approximate surface area is 175 Å². The highest BCUT2D eigenvalue weighted by Crippen LogP contribution is 2.39. The molecule has 1 saturated carbocycles. The molecule has 1 aliphatic rings. The first-order valence-corrected chi connectivity index (χ1v) is 10.7. The Morgan fingerprint density at radius 1 is 1.00 bits per heavy atom. The van der Waals surface area contributed by atoms with Gasteiger partial charge in [0.1, 0.15) is 0 Å². The number of benzene rings is 1. The van der Waals surface area contributed by atoms with Crippen molar-refractivity contribution in [3.8, 4) is 17.2 Å². The highest BCUT2D eigenvalue weighted by Gasteiger charge is 2.28. The van der Waals surface area contributed by atoms with Gasteiger partial charge in [-0.1, -0.05) is 20.8 Å². The van der Waals surface area contributed by atoms with E-state index in [0.29, 0.717) is 54.0 Å². The molecule has 0 atom stereocenters. The number of hydrogen-bond donors (Lipinski definition) is 1. The first kappa shape index (κ1) is 23.0. The first-order valence-electron chi connectivity index (χ1n) is 10.7. The zero-order valence-electron chi connectivity index (χ0n) is 18.8. The minimum Gasteiger partial charge on any atom is -0.490 e. The number of nitrogens with one attached hydrogen (secondary N) is 1. The van der Waals surface area contributed by atoms with E-state index in [1.807, 2.05) is 20.8 Å². The molecule has 6 heteroatoms. The predicted molar refractivity (Wildman–Crippen MR) is 116 cm³/mol. The lowest BCUT2D eigenvalue weighted by Gasteiger charge is -2.34. The molecule has 29 heavy (non-hydrogen) atoms. The van der Waals surface area contributed by atoms with Gasteiger partial charge in [0.05, 0.1) is 19.8 Å². The van der Waals surface area contributed by atoms with Crippen molar-refractivity contribution in [1.29, 1.82) is 0 Å². The molecule has 0 heterocycles. The van der Waals surface area contributed by atoms with Crippen molar-refractivity contribution in [1.82, 2.24) is 5.43 Å². The summed E-state index contributed by atoms with van der Waals surface area (Å²) in [7, 11) is 0. The second kappa shape index (κ2) is 10.5. The maximum Gasteiger partial charge on any atom is 0.271 e. The quantitative estimate of drug-likeness (QED) is 0.604. The molecule has 0 unspecified atom stereocenters. The largest absolute Gasteiger partial charge is 0.490 e. The van der Waals surface area contributed by atoms with E-state index in [9.17, 15) is 4.79 Å². The first-order chi connectivity index (χ1) is 13.8. The van der Waals surface area contributed by atoms with E-state index >= 15 is 0 Å². The van der Waals surface area contributed by atoms with Gasteiger partial charge in [-0.25, -0.2) is 5.43 Å². The molecule has 162 valence electrons. The molecule has 6 nitrogen and oxygen atoms in total. The summed E-state index contributed by atoms with van der Waals surface area (Å²) in [5.41, 5.74) is 4.52. The second-order valence-corrected chi connectivity index (χ2v) is 8.36. The molecular formula is C23H36N2O4. The number of rotatable bonds is 8. The van der Waals surface area contributed by atoms with Gasteiger partial charge in [0.15, 0.2) is 11.5 Å². The summed E-state index contributed by atoms with van der Waals surface area (Å²) < 4.78 is 17.1. The van der Waals surface area contributed by atoms with Gasteiger partial charge < -0.3 is 14.2 Å². The van der Waals surface area contributed by atoms with Gasteiger partial charge in [-0.2, -0.15) is 5.10 Å².